The van der Waals surface area contributed by atoms with Gasteiger partial charge < -0.3 is 19.5 Å². The number of hydrogen-bond donors (Lipinski definition) is 2. The molecule has 1 aliphatic rings. The van der Waals surface area contributed by atoms with Gasteiger partial charge in [0.2, 0.25) is 15.9 Å². The Kier molecular flexibility index (Phi) is 7.88. The van der Waals surface area contributed by atoms with Gasteiger partial charge in [0.1, 0.15) is 19.3 Å². The number of sulfonamides is 1. The Morgan fingerprint density at radius 3 is 2.59 bits per heavy atom. The lowest BCUT2D eigenvalue weighted by Crippen LogP contribution is -2.49. The zero-order valence-corrected chi connectivity index (χ0v) is 16.8. The monoisotopic (exact) mass is 400 g/mol. The van der Waals surface area contributed by atoms with Gasteiger partial charge in [-0.1, -0.05) is 13.8 Å². The second-order valence-electron chi connectivity index (χ2n) is 6.49. The Morgan fingerprint density at radius 2 is 1.93 bits per heavy atom. The minimum absolute atomic E-state index is 0.0292. The second kappa shape index (κ2) is 9.91. The van der Waals surface area contributed by atoms with Gasteiger partial charge in [-0.05, 0) is 31.4 Å². The van der Waals surface area contributed by atoms with E-state index in [0.29, 0.717) is 50.9 Å². The van der Waals surface area contributed by atoms with Crippen LogP contribution in [0.15, 0.2) is 23.1 Å². The number of ether oxygens (including phenoxy) is 3. The maximum Gasteiger partial charge on any atom is 0.241 e. The van der Waals surface area contributed by atoms with Crippen molar-refractivity contribution in [3.8, 4) is 11.5 Å². The summed E-state index contributed by atoms with van der Waals surface area (Å²) >= 11 is 0. The SMILES string of the molecule is CCOCCCNC(=O)[C@H](NS(=O)(=O)c1ccc2c(c1)OCCO2)C(C)C. The third kappa shape index (κ3) is 6.08. The average molecular weight is 400 g/mol. The predicted octanol–water partition coefficient (Wildman–Crippen LogP) is 1.30. The van der Waals surface area contributed by atoms with Gasteiger partial charge in [0, 0.05) is 25.8 Å². The van der Waals surface area contributed by atoms with Crippen molar-refractivity contribution in [1.82, 2.24) is 10.0 Å². The first-order valence-electron chi connectivity index (χ1n) is 9.12. The summed E-state index contributed by atoms with van der Waals surface area (Å²) in [5.74, 6) is 0.310. The first-order chi connectivity index (χ1) is 12.8. The molecule has 27 heavy (non-hydrogen) atoms. The lowest BCUT2D eigenvalue weighted by atomic mass is 10.1. The molecule has 1 atom stereocenters. The third-order valence-electron chi connectivity index (χ3n) is 4.02. The van der Waals surface area contributed by atoms with Crippen molar-refractivity contribution in [3.63, 3.8) is 0 Å². The van der Waals surface area contributed by atoms with Crippen LogP contribution >= 0.6 is 0 Å². The number of rotatable bonds is 10. The number of fused-ring (bicyclic) bond motifs is 1. The van der Waals surface area contributed by atoms with Crippen LogP contribution in [0.3, 0.4) is 0 Å². The van der Waals surface area contributed by atoms with Crippen molar-refractivity contribution in [3.05, 3.63) is 18.2 Å². The molecule has 1 aromatic carbocycles. The molecule has 0 fully saturated rings. The van der Waals surface area contributed by atoms with Crippen LogP contribution in [0, 0.1) is 5.92 Å². The summed E-state index contributed by atoms with van der Waals surface area (Å²) in [5, 5.41) is 2.76. The molecule has 0 spiro atoms. The smallest absolute Gasteiger partial charge is 0.241 e. The normalized spacial score (nSPS) is 14.8. The number of hydrogen-bond acceptors (Lipinski definition) is 6. The maximum atomic E-state index is 12.7. The first-order valence-corrected chi connectivity index (χ1v) is 10.6. The molecule has 0 saturated carbocycles. The Balaban J connectivity index is 2.04. The molecule has 152 valence electrons. The molecule has 0 aliphatic carbocycles. The van der Waals surface area contributed by atoms with Gasteiger partial charge in [-0.2, -0.15) is 4.72 Å². The van der Waals surface area contributed by atoms with Crippen LogP contribution in [0.1, 0.15) is 27.2 Å². The molecule has 0 saturated heterocycles. The van der Waals surface area contributed by atoms with Crippen LogP contribution in [0.4, 0.5) is 0 Å². The van der Waals surface area contributed by atoms with Crippen molar-refractivity contribution in [2.75, 3.05) is 33.0 Å². The van der Waals surface area contributed by atoms with E-state index in [1.54, 1.807) is 19.9 Å². The van der Waals surface area contributed by atoms with Crippen molar-refractivity contribution in [2.24, 2.45) is 5.92 Å². The summed E-state index contributed by atoms with van der Waals surface area (Å²) < 4.78 is 44.1. The van der Waals surface area contributed by atoms with E-state index < -0.39 is 16.1 Å². The zero-order valence-electron chi connectivity index (χ0n) is 16.0. The molecule has 0 aromatic heterocycles. The van der Waals surface area contributed by atoms with Crippen molar-refractivity contribution >= 4 is 15.9 Å². The fraction of sp³-hybridized carbons (Fsp3) is 0.611. The van der Waals surface area contributed by atoms with E-state index in [0.717, 1.165) is 0 Å². The Morgan fingerprint density at radius 1 is 1.22 bits per heavy atom. The molecule has 2 N–H and O–H groups in total. The summed E-state index contributed by atoms with van der Waals surface area (Å²) in [4.78, 5) is 12.5. The fourth-order valence-corrected chi connectivity index (χ4v) is 3.92. The fourth-order valence-electron chi connectivity index (χ4n) is 2.56. The van der Waals surface area contributed by atoms with E-state index >= 15 is 0 Å². The van der Waals surface area contributed by atoms with Crippen molar-refractivity contribution < 1.29 is 27.4 Å². The molecule has 0 bridgehead atoms. The largest absolute Gasteiger partial charge is 0.486 e. The van der Waals surface area contributed by atoms with E-state index in [4.69, 9.17) is 14.2 Å². The van der Waals surface area contributed by atoms with Gasteiger partial charge in [-0.25, -0.2) is 8.42 Å². The first kappa shape index (κ1) is 21.5. The molecular formula is C18H28N2O6S. The molecule has 8 nitrogen and oxygen atoms in total. The van der Waals surface area contributed by atoms with Gasteiger partial charge in [-0.15, -0.1) is 0 Å². The van der Waals surface area contributed by atoms with Crippen LogP contribution in [0.25, 0.3) is 0 Å². The Bertz CT molecular complexity index is 735. The molecule has 1 amide bonds. The van der Waals surface area contributed by atoms with E-state index in [1.165, 1.54) is 12.1 Å². The van der Waals surface area contributed by atoms with Gasteiger partial charge in [0.25, 0.3) is 0 Å². The van der Waals surface area contributed by atoms with Crippen LogP contribution < -0.4 is 19.5 Å². The Labute approximate surface area is 160 Å². The van der Waals surface area contributed by atoms with Crippen molar-refractivity contribution in [2.45, 2.75) is 38.1 Å². The Hall–Kier alpha value is -1.84. The maximum absolute atomic E-state index is 12.7. The molecule has 1 aliphatic heterocycles. The minimum Gasteiger partial charge on any atom is -0.486 e. The molecular weight excluding hydrogens is 372 g/mol. The molecule has 0 unspecified atom stereocenters. The summed E-state index contributed by atoms with van der Waals surface area (Å²) in [6.07, 6.45) is 0.666. The zero-order chi connectivity index (χ0) is 19.9. The number of benzene rings is 1. The van der Waals surface area contributed by atoms with Crippen LogP contribution in [-0.4, -0.2) is 53.3 Å². The molecule has 2 rings (SSSR count). The highest BCUT2D eigenvalue weighted by Crippen LogP contribution is 2.32. The molecule has 1 heterocycles. The lowest BCUT2D eigenvalue weighted by molar-refractivity contribution is -0.123. The highest BCUT2D eigenvalue weighted by Gasteiger charge is 2.29. The molecule has 9 heteroatoms. The number of carbonyl (C=O) groups excluding carboxylic acids is 1. The number of amides is 1. The van der Waals surface area contributed by atoms with Gasteiger partial charge in [0.15, 0.2) is 11.5 Å². The van der Waals surface area contributed by atoms with E-state index in [1.807, 2.05) is 6.92 Å². The van der Waals surface area contributed by atoms with E-state index in [2.05, 4.69) is 10.0 Å². The summed E-state index contributed by atoms with van der Waals surface area (Å²) in [5.41, 5.74) is 0. The highest BCUT2D eigenvalue weighted by molar-refractivity contribution is 7.89. The third-order valence-corrected chi connectivity index (χ3v) is 5.46. The summed E-state index contributed by atoms with van der Waals surface area (Å²) in [6, 6.07) is 3.53. The van der Waals surface area contributed by atoms with Crippen LogP contribution in [0.5, 0.6) is 11.5 Å². The van der Waals surface area contributed by atoms with Crippen LogP contribution in [0.2, 0.25) is 0 Å². The number of carbonyl (C=O) groups is 1. The van der Waals surface area contributed by atoms with Gasteiger partial charge in [0.05, 0.1) is 4.90 Å². The standard InChI is InChI=1S/C18H28N2O6S/c1-4-24-9-5-8-19-18(21)17(13(2)3)20-27(22,23)14-6-7-15-16(12-14)26-11-10-25-15/h6-7,12-13,17,20H,4-5,8-11H2,1-3H3,(H,19,21)/t17-/m1/s1. The van der Waals surface area contributed by atoms with Gasteiger partial charge in [-0.3, -0.25) is 4.79 Å². The average Bonchev–Trinajstić information content (AvgIpc) is 2.65. The highest BCUT2D eigenvalue weighted by atomic mass is 32.2. The van der Waals surface area contributed by atoms with E-state index in [-0.39, 0.29) is 16.7 Å². The molecule has 1 aromatic rings. The number of nitrogens with one attached hydrogen (secondary N) is 2. The van der Waals surface area contributed by atoms with Crippen LogP contribution in [-0.2, 0) is 19.6 Å². The predicted molar refractivity (Wildman–Crippen MR) is 100 cm³/mol. The molecule has 0 radical (unpaired) electrons. The lowest BCUT2D eigenvalue weighted by Gasteiger charge is -2.23. The second-order valence-corrected chi connectivity index (χ2v) is 8.20. The van der Waals surface area contributed by atoms with Crippen molar-refractivity contribution in [1.29, 1.82) is 0 Å². The topological polar surface area (TPSA) is 103 Å². The minimum atomic E-state index is -3.89. The van der Waals surface area contributed by atoms with Gasteiger partial charge >= 0.3 is 0 Å². The quantitative estimate of drug-likeness (QED) is 0.574. The summed E-state index contributed by atoms with van der Waals surface area (Å²) in [6.45, 7) is 7.87. The summed E-state index contributed by atoms with van der Waals surface area (Å²) in [7, 11) is -3.89. The van der Waals surface area contributed by atoms with E-state index in [9.17, 15) is 13.2 Å².